The van der Waals surface area contributed by atoms with Gasteiger partial charge in [0.25, 0.3) is 0 Å². The van der Waals surface area contributed by atoms with Crippen molar-refractivity contribution >= 4 is 23.5 Å². The number of hydrogen-bond acceptors (Lipinski definition) is 8. The Labute approximate surface area is 170 Å². The first-order valence-corrected chi connectivity index (χ1v) is 11.0. The SMILES string of the molecule is COC(=O)[C@@]12[C@H]3[C@@H]4[C@@H]5[C@H]([C@]1(C(=O)OC)[C@@H]4[C@]14O[C@]31CCC4=O)[C@]13CCC(=O)[C@@]1(O3)[C@@H]52. The monoisotopic (exact) mass is 412 g/mol. The number of hydrogen-bond donors (Lipinski definition) is 0. The van der Waals surface area contributed by atoms with Crippen molar-refractivity contribution in [3.63, 3.8) is 0 Å². The van der Waals surface area contributed by atoms with Crippen LogP contribution in [-0.4, -0.2) is 60.1 Å². The van der Waals surface area contributed by atoms with E-state index in [0.29, 0.717) is 25.7 Å². The molecule has 0 aromatic heterocycles. The predicted octanol–water partition coefficient (Wildman–Crippen LogP) is -0.188. The fourth-order valence-corrected chi connectivity index (χ4v) is 12.1. The zero-order chi connectivity index (χ0) is 20.4. The molecule has 8 nitrogen and oxygen atoms in total. The van der Waals surface area contributed by atoms with Crippen molar-refractivity contribution in [1.82, 2.24) is 0 Å². The van der Waals surface area contributed by atoms with Crippen LogP contribution in [0.4, 0.5) is 0 Å². The summed E-state index contributed by atoms with van der Waals surface area (Å²) in [4.78, 5) is 53.8. The Morgan fingerprint density at radius 1 is 0.767 bits per heavy atom. The first-order valence-electron chi connectivity index (χ1n) is 11.0. The molecule has 0 radical (unpaired) electrons. The van der Waals surface area contributed by atoms with Gasteiger partial charge in [-0.1, -0.05) is 0 Å². The molecule has 2 saturated heterocycles. The van der Waals surface area contributed by atoms with Gasteiger partial charge in [-0.2, -0.15) is 0 Å². The van der Waals surface area contributed by atoms with Gasteiger partial charge in [0.15, 0.2) is 22.8 Å². The normalized spacial score (nSPS) is 69.4. The standard InChI is InChI=1S/C22H20O8/c1-27-15(25)19-11-9-10-12(18-6-4-7(23)21(18,30-18)13(10)19)20(19,16(26)28-2)14(9)22-8(24)3-5-17(11,22)29-22/h9-14H,3-6H2,1-2H3/t9-,10+,11-,12-,13-,14+,17+,18+,19-,20+,21+,22-/m0/s1. The Hall–Kier alpha value is -1.80. The Morgan fingerprint density at radius 3 is 1.53 bits per heavy atom. The van der Waals surface area contributed by atoms with Crippen molar-refractivity contribution in [2.45, 2.75) is 48.1 Å². The van der Waals surface area contributed by atoms with Gasteiger partial charge in [-0.15, -0.1) is 0 Å². The quantitative estimate of drug-likeness (QED) is 0.453. The average Bonchev–Trinajstić information content (AvgIpc) is 3.06. The Balaban J connectivity index is 1.43. The maximum Gasteiger partial charge on any atom is 0.313 e. The van der Waals surface area contributed by atoms with Gasteiger partial charge in [-0.25, -0.2) is 0 Å². The molecule has 8 aliphatic carbocycles. The van der Waals surface area contributed by atoms with Crippen molar-refractivity contribution in [3.8, 4) is 0 Å². The van der Waals surface area contributed by atoms with Gasteiger partial charge >= 0.3 is 11.9 Å². The molecule has 8 bridgehead atoms. The van der Waals surface area contributed by atoms with Gasteiger partial charge in [-0.05, 0) is 24.7 Å². The lowest BCUT2D eigenvalue weighted by Crippen LogP contribution is -2.69. The molecule has 8 saturated carbocycles. The number of methoxy groups -OCH3 is 2. The lowest BCUT2D eigenvalue weighted by molar-refractivity contribution is -0.197. The lowest BCUT2D eigenvalue weighted by atomic mass is 9.43. The third kappa shape index (κ3) is 0.835. The first-order chi connectivity index (χ1) is 14.4. The summed E-state index contributed by atoms with van der Waals surface area (Å²) in [6.07, 6.45) is 1.99. The van der Waals surface area contributed by atoms with E-state index >= 15 is 0 Å². The van der Waals surface area contributed by atoms with Crippen molar-refractivity contribution < 1.29 is 38.1 Å². The fraction of sp³-hybridized carbons (Fsp3) is 0.818. The second-order valence-corrected chi connectivity index (χ2v) is 11.1. The molecule has 0 aromatic rings. The number of epoxide rings is 2. The molecule has 12 atom stereocenters. The van der Waals surface area contributed by atoms with Gasteiger partial charge in [0, 0.05) is 36.5 Å². The van der Waals surface area contributed by atoms with Crippen LogP contribution in [-0.2, 0) is 38.1 Å². The van der Waals surface area contributed by atoms with Crippen LogP contribution in [0.5, 0.6) is 0 Å². The van der Waals surface area contributed by atoms with Crippen molar-refractivity contribution in [2.24, 2.45) is 46.3 Å². The number of ketones is 2. The molecule has 10 fully saturated rings. The topological polar surface area (TPSA) is 112 Å². The van der Waals surface area contributed by atoms with E-state index in [2.05, 4.69) is 0 Å². The molecule has 30 heavy (non-hydrogen) atoms. The van der Waals surface area contributed by atoms with E-state index in [1.165, 1.54) is 14.2 Å². The molecule has 156 valence electrons. The first kappa shape index (κ1) is 15.9. The number of esters is 2. The number of carbonyl (C=O) groups excluding carboxylic acids is 4. The van der Waals surface area contributed by atoms with Crippen LogP contribution in [0, 0.1) is 46.3 Å². The molecular weight excluding hydrogens is 392 g/mol. The predicted molar refractivity (Wildman–Crippen MR) is 91.4 cm³/mol. The van der Waals surface area contributed by atoms with Gasteiger partial charge in [0.05, 0.1) is 25.0 Å². The number of rotatable bonds is 2. The van der Waals surface area contributed by atoms with Crippen LogP contribution in [0.25, 0.3) is 0 Å². The summed E-state index contributed by atoms with van der Waals surface area (Å²) >= 11 is 0. The van der Waals surface area contributed by atoms with Crippen LogP contribution < -0.4 is 0 Å². The molecule has 0 aromatic carbocycles. The molecular formula is C22H20O8. The van der Waals surface area contributed by atoms with Crippen LogP contribution in [0.1, 0.15) is 25.7 Å². The van der Waals surface area contributed by atoms with Gasteiger partial charge in [0.2, 0.25) is 0 Å². The van der Waals surface area contributed by atoms with Crippen molar-refractivity contribution in [1.29, 1.82) is 0 Å². The highest BCUT2D eigenvalue weighted by Crippen LogP contribution is 3.05. The maximum absolute atomic E-state index is 13.8. The summed E-state index contributed by atoms with van der Waals surface area (Å²) in [6.45, 7) is 0. The molecule has 8 heteroatoms. The molecule has 10 aliphatic rings. The van der Waals surface area contributed by atoms with E-state index < -0.39 is 45.2 Å². The third-order valence-electron chi connectivity index (χ3n) is 11.7. The largest absolute Gasteiger partial charge is 0.469 e. The van der Waals surface area contributed by atoms with E-state index in [0.717, 1.165) is 0 Å². The van der Waals surface area contributed by atoms with E-state index in [-0.39, 0.29) is 47.1 Å². The third-order valence-corrected chi connectivity index (χ3v) is 11.7. The Kier molecular flexibility index (Phi) is 1.90. The van der Waals surface area contributed by atoms with Crippen molar-refractivity contribution in [2.75, 3.05) is 14.2 Å². The molecule has 10 rings (SSSR count). The van der Waals surface area contributed by atoms with Gasteiger partial charge in [0.1, 0.15) is 11.2 Å². The summed E-state index contributed by atoms with van der Waals surface area (Å²) in [5.74, 6) is -2.09. The molecule has 0 amide bonds. The number of ether oxygens (including phenoxy) is 4. The summed E-state index contributed by atoms with van der Waals surface area (Å²) < 4.78 is 23.4. The second kappa shape index (κ2) is 3.58. The average molecular weight is 412 g/mol. The highest BCUT2D eigenvalue weighted by Gasteiger charge is 3.16. The Bertz CT molecular complexity index is 1030. The van der Waals surface area contributed by atoms with E-state index in [9.17, 15) is 19.2 Å². The van der Waals surface area contributed by atoms with Crippen LogP contribution in [0.2, 0.25) is 0 Å². The van der Waals surface area contributed by atoms with Crippen molar-refractivity contribution in [3.05, 3.63) is 0 Å². The zero-order valence-electron chi connectivity index (χ0n) is 16.6. The van der Waals surface area contributed by atoms with E-state index in [4.69, 9.17) is 18.9 Å². The van der Waals surface area contributed by atoms with E-state index in [1.54, 1.807) is 0 Å². The minimum atomic E-state index is -1.20. The minimum absolute atomic E-state index is 0.00671. The molecule has 0 N–H and O–H groups in total. The summed E-state index contributed by atoms with van der Waals surface area (Å²) in [6, 6.07) is 0. The number of Topliss-reactive ketones (excluding diaryl/α,β-unsaturated/α-hetero) is 2. The smallest absolute Gasteiger partial charge is 0.313 e. The van der Waals surface area contributed by atoms with Gasteiger partial charge < -0.3 is 18.9 Å². The second-order valence-electron chi connectivity index (χ2n) is 11.1. The molecule has 2 heterocycles. The summed E-state index contributed by atoms with van der Waals surface area (Å²) in [7, 11) is 2.69. The zero-order valence-corrected chi connectivity index (χ0v) is 16.6. The fourth-order valence-electron chi connectivity index (χ4n) is 12.1. The summed E-state index contributed by atoms with van der Waals surface area (Å²) in [5, 5.41) is 0. The molecule has 2 aliphatic heterocycles. The highest BCUT2D eigenvalue weighted by atomic mass is 16.7. The maximum atomic E-state index is 13.8. The number of carbonyl (C=O) groups is 4. The summed E-state index contributed by atoms with van der Waals surface area (Å²) in [5.41, 5.74) is -5.69. The Morgan fingerprint density at radius 2 is 1.17 bits per heavy atom. The highest BCUT2D eigenvalue weighted by molar-refractivity contribution is 6.07. The minimum Gasteiger partial charge on any atom is -0.469 e. The lowest BCUT2D eigenvalue weighted by Gasteiger charge is -2.53. The molecule has 0 unspecified atom stereocenters. The van der Waals surface area contributed by atoms with E-state index in [1.807, 2.05) is 0 Å². The van der Waals surface area contributed by atoms with Crippen LogP contribution >= 0.6 is 0 Å². The molecule has 0 spiro atoms. The van der Waals surface area contributed by atoms with Gasteiger partial charge in [-0.3, -0.25) is 19.2 Å². The van der Waals surface area contributed by atoms with Crippen LogP contribution in [0.15, 0.2) is 0 Å². The van der Waals surface area contributed by atoms with Crippen LogP contribution in [0.3, 0.4) is 0 Å².